The van der Waals surface area contributed by atoms with Gasteiger partial charge in [0.15, 0.2) is 0 Å². The molecule has 2 N–H and O–H groups in total. The number of nitrogens with zero attached hydrogens (tertiary/aromatic N) is 1. The number of carbonyl (C=O) groups excluding carboxylic acids is 1. The minimum Gasteiger partial charge on any atom is -0.480 e. The molecule has 2 aliphatic heterocycles. The van der Waals surface area contributed by atoms with Crippen molar-refractivity contribution in [2.75, 3.05) is 6.61 Å². The van der Waals surface area contributed by atoms with E-state index in [1.165, 1.54) is 0 Å². The van der Waals surface area contributed by atoms with Gasteiger partial charge in [0.05, 0.1) is 24.4 Å². The number of hydrogen-bond acceptors (Lipinski definition) is 3. The maximum absolute atomic E-state index is 12.9. The third-order valence-electron chi connectivity index (χ3n) is 5.57. The fourth-order valence-corrected chi connectivity index (χ4v) is 5.69. The van der Waals surface area contributed by atoms with Gasteiger partial charge in [0.25, 0.3) is 0 Å². The van der Waals surface area contributed by atoms with E-state index in [0.29, 0.717) is 17.5 Å². The van der Waals surface area contributed by atoms with Crippen molar-refractivity contribution in [3.8, 4) is 0 Å². The first-order chi connectivity index (χ1) is 13.1. The first-order valence-electron chi connectivity index (χ1n) is 8.90. The van der Waals surface area contributed by atoms with E-state index in [0.717, 1.165) is 11.4 Å². The Labute approximate surface area is 161 Å². The topological polar surface area (TPSA) is 77.8 Å². The van der Waals surface area contributed by atoms with Crippen LogP contribution in [-0.4, -0.2) is 50.4 Å². The number of amides is 1. The van der Waals surface area contributed by atoms with Crippen LogP contribution in [0.4, 0.5) is 0 Å². The predicted molar refractivity (Wildman–Crippen MR) is 106 cm³/mol. The van der Waals surface area contributed by atoms with Crippen molar-refractivity contribution in [3.05, 3.63) is 71.8 Å². The molecule has 2 aliphatic rings. The maximum atomic E-state index is 12.9. The van der Waals surface area contributed by atoms with Crippen LogP contribution in [0.3, 0.4) is 0 Å². The number of benzene rings is 2. The van der Waals surface area contributed by atoms with Gasteiger partial charge in [-0.05, 0) is 11.1 Å². The highest BCUT2D eigenvalue weighted by Gasteiger charge is 2.59. The number of aliphatic hydroxyl groups excluding tert-OH is 1. The van der Waals surface area contributed by atoms with E-state index < -0.39 is 23.3 Å². The molecular formula is C21H21NO4S. The van der Waals surface area contributed by atoms with Gasteiger partial charge in [-0.15, -0.1) is 0 Å². The summed E-state index contributed by atoms with van der Waals surface area (Å²) in [6, 6.07) is 17.4. The molecule has 0 bridgehead atoms. The van der Waals surface area contributed by atoms with Crippen LogP contribution in [0.1, 0.15) is 17.5 Å². The molecule has 2 heterocycles. The highest BCUT2D eigenvalue weighted by molar-refractivity contribution is 7.98. The van der Waals surface area contributed by atoms with Gasteiger partial charge in [-0.2, -0.15) is 11.4 Å². The second kappa shape index (κ2) is 6.94. The summed E-state index contributed by atoms with van der Waals surface area (Å²) >= 11 is 0.958. The average molecular weight is 383 g/mol. The quantitative estimate of drug-likeness (QED) is 0.419. The van der Waals surface area contributed by atoms with E-state index in [9.17, 15) is 19.8 Å². The van der Waals surface area contributed by atoms with Crippen LogP contribution in [0.2, 0.25) is 0 Å². The van der Waals surface area contributed by atoms with E-state index >= 15 is 0 Å². The average Bonchev–Trinajstić information content (AvgIpc) is 2.69. The van der Waals surface area contributed by atoms with Gasteiger partial charge < -0.3 is 15.1 Å². The Morgan fingerprint density at radius 3 is 2.07 bits per heavy atom. The van der Waals surface area contributed by atoms with Crippen molar-refractivity contribution < 1.29 is 19.8 Å². The van der Waals surface area contributed by atoms with Gasteiger partial charge in [-0.25, -0.2) is 0 Å². The SMILES string of the molecule is O=C1CC2[SH]=CC(CO)C(C(C(=O)O)(c3ccccc3)c3ccccc3)N12. The number of carbonyl (C=O) groups is 2. The lowest BCUT2D eigenvalue weighted by atomic mass is 9.64. The molecule has 0 saturated carbocycles. The van der Waals surface area contributed by atoms with Gasteiger partial charge in [0.2, 0.25) is 5.91 Å². The Balaban J connectivity index is 2.02. The van der Waals surface area contributed by atoms with Gasteiger partial charge in [0, 0.05) is 5.92 Å². The molecule has 0 radical (unpaired) electrons. The normalized spacial score (nSPS) is 24.6. The molecule has 2 aromatic rings. The van der Waals surface area contributed by atoms with Crippen molar-refractivity contribution >= 4 is 28.6 Å². The van der Waals surface area contributed by atoms with E-state index in [1.54, 1.807) is 29.2 Å². The standard InChI is InChI=1S/C21H21NO4S/c23-12-14-13-27-18-11-17(24)22(18)19(14)21(20(25)26,15-7-3-1-4-8-15)16-9-5-2-6-10-16/h1-10,13-14,18-19,23,27H,11-12H2,(H,25,26). The number of aliphatic carboxylic acids is 1. The number of carboxylic acids is 1. The highest BCUT2D eigenvalue weighted by atomic mass is 32.1. The maximum Gasteiger partial charge on any atom is 0.320 e. The number of rotatable bonds is 5. The van der Waals surface area contributed by atoms with Crippen LogP contribution in [0, 0.1) is 5.92 Å². The zero-order chi connectivity index (χ0) is 19.0. The van der Waals surface area contributed by atoms with E-state index in [1.807, 2.05) is 41.8 Å². The summed E-state index contributed by atoms with van der Waals surface area (Å²) in [5.41, 5.74) is -0.244. The Morgan fingerprint density at radius 2 is 1.63 bits per heavy atom. The molecule has 27 heavy (non-hydrogen) atoms. The predicted octanol–water partition coefficient (Wildman–Crippen LogP) is 1.87. The lowest BCUT2D eigenvalue weighted by molar-refractivity contribution is -0.156. The van der Waals surface area contributed by atoms with Crippen molar-refractivity contribution in [1.29, 1.82) is 0 Å². The van der Waals surface area contributed by atoms with Crippen LogP contribution in [-0.2, 0) is 15.0 Å². The number of hydrogen-bond donors (Lipinski definition) is 3. The first kappa shape index (κ1) is 17.9. The number of carboxylic acid groups (broad SMARTS) is 1. The molecule has 1 amide bonds. The van der Waals surface area contributed by atoms with Crippen LogP contribution in [0.25, 0.3) is 0 Å². The van der Waals surface area contributed by atoms with E-state index in [2.05, 4.69) is 0 Å². The molecule has 3 atom stereocenters. The summed E-state index contributed by atoms with van der Waals surface area (Å²) in [6.45, 7) is -0.205. The van der Waals surface area contributed by atoms with Crippen LogP contribution in [0.15, 0.2) is 60.7 Å². The van der Waals surface area contributed by atoms with Crippen LogP contribution >= 0.6 is 11.4 Å². The van der Waals surface area contributed by atoms with Crippen LogP contribution < -0.4 is 0 Å². The zero-order valence-corrected chi connectivity index (χ0v) is 15.5. The monoisotopic (exact) mass is 383 g/mol. The fourth-order valence-electron chi connectivity index (χ4n) is 4.34. The Bertz CT molecular complexity index is 844. The van der Waals surface area contributed by atoms with Crippen molar-refractivity contribution in [2.24, 2.45) is 5.92 Å². The van der Waals surface area contributed by atoms with Gasteiger partial charge >= 0.3 is 5.97 Å². The minimum absolute atomic E-state index is 0.0172. The van der Waals surface area contributed by atoms with Crippen LogP contribution in [0.5, 0.6) is 0 Å². The van der Waals surface area contributed by atoms with Crippen molar-refractivity contribution in [2.45, 2.75) is 23.3 Å². The fraction of sp³-hybridized carbons (Fsp3) is 0.286. The van der Waals surface area contributed by atoms with Crippen molar-refractivity contribution in [3.63, 3.8) is 0 Å². The molecule has 1 saturated heterocycles. The molecule has 4 rings (SSSR count). The molecule has 5 nitrogen and oxygen atoms in total. The molecule has 3 unspecified atom stereocenters. The summed E-state index contributed by atoms with van der Waals surface area (Å²) < 4.78 is 0. The van der Waals surface area contributed by atoms with Gasteiger partial charge in [-0.1, -0.05) is 66.0 Å². The molecule has 6 heteroatoms. The second-order valence-corrected chi connectivity index (χ2v) is 8.11. The smallest absolute Gasteiger partial charge is 0.320 e. The third kappa shape index (κ3) is 2.63. The Morgan fingerprint density at radius 1 is 1.07 bits per heavy atom. The van der Waals surface area contributed by atoms with E-state index in [-0.39, 0.29) is 17.9 Å². The molecule has 2 aromatic carbocycles. The summed E-state index contributed by atoms with van der Waals surface area (Å²) in [5.74, 6) is -1.50. The summed E-state index contributed by atoms with van der Waals surface area (Å²) in [5, 5.41) is 22.6. The number of aliphatic hydroxyl groups is 1. The van der Waals surface area contributed by atoms with Crippen molar-refractivity contribution in [1.82, 2.24) is 4.90 Å². The molecule has 0 aliphatic carbocycles. The lowest BCUT2D eigenvalue weighted by Crippen LogP contribution is -2.69. The molecule has 0 aromatic heterocycles. The first-order valence-corrected chi connectivity index (χ1v) is 9.93. The summed E-state index contributed by atoms with van der Waals surface area (Å²) in [7, 11) is 0. The second-order valence-electron chi connectivity index (χ2n) is 6.92. The highest BCUT2D eigenvalue weighted by Crippen LogP contribution is 2.47. The van der Waals surface area contributed by atoms with E-state index in [4.69, 9.17) is 0 Å². The zero-order valence-electron chi connectivity index (χ0n) is 14.6. The lowest BCUT2D eigenvalue weighted by Gasteiger charge is -2.55. The largest absolute Gasteiger partial charge is 0.480 e. The Hall–Kier alpha value is -2.44. The molecule has 1 fully saturated rings. The van der Waals surface area contributed by atoms with Gasteiger partial charge in [0.1, 0.15) is 5.41 Å². The number of β-lactam (4-membered cyclic amide) rings is 1. The summed E-state index contributed by atoms with van der Waals surface area (Å²) in [6.07, 6.45) is 0.423. The Kier molecular flexibility index (Phi) is 4.61. The van der Waals surface area contributed by atoms with Gasteiger partial charge in [-0.3, -0.25) is 9.59 Å². The number of thiol groups is 1. The molecular weight excluding hydrogens is 362 g/mol. The third-order valence-corrected chi connectivity index (χ3v) is 6.90. The molecule has 0 spiro atoms. The molecule has 140 valence electrons. The summed E-state index contributed by atoms with van der Waals surface area (Å²) in [4.78, 5) is 27.1. The number of fused-ring (bicyclic) bond motifs is 1. The minimum atomic E-state index is -1.46.